The van der Waals surface area contributed by atoms with Gasteiger partial charge in [-0.3, -0.25) is 9.59 Å². The first-order chi connectivity index (χ1) is 8.04. The van der Waals surface area contributed by atoms with E-state index >= 15 is 0 Å². The Morgan fingerprint density at radius 3 is 1.94 bits per heavy atom. The first-order valence-electron chi connectivity index (χ1n) is 5.64. The van der Waals surface area contributed by atoms with E-state index in [0.29, 0.717) is 24.9 Å². The van der Waals surface area contributed by atoms with Crippen molar-refractivity contribution in [3.05, 3.63) is 34.4 Å². The molecule has 0 fully saturated rings. The Bertz CT molecular complexity index is 430. The van der Waals surface area contributed by atoms with Gasteiger partial charge in [-0.25, -0.2) is 0 Å². The van der Waals surface area contributed by atoms with Gasteiger partial charge in [0.15, 0.2) is 0 Å². The molecule has 92 valence electrons. The van der Waals surface area contributed by atoms with Crippen LogP contribution in [0.2, 0.25) is 0 Å². The lowest BCUT2D eigenvalue weighted by molar-refractivity contribution is -0.108. The molecule has 0 aliphatic rings. The number of hydrogen-bond acceptors (Lipinski definition) is 3. The minimum atomic E-state index is -0.935. The van der Waals surface area contributed by atoms with Crippen molar-refractivity contribution in [2.75, 3.05) is 0 Å². The summed E-state index contributed by atoms with van der Waals surface area (Å²) in [7, 11) is 0. The highest BCUT2D eigenvalue weighted by atomic mass is 35.5. The van der Waals surface area contributed by atoms with Gasteiger partial charge in [-0.1, -0.05) is 26.0 Å². The van der Waals surface area contributed by atoms with Crippen LogP contribution in [0, 0.1) is 0 Å². The predicted octanol–water partition coefficient (Wildman–Crippen LogP) is 2.22. The van der Waals surface area contributed by atoms with Gasteiger partial charge in [0.05, 0.1) is 0 Å². The molecule has 0 unspecified atom stereocenters. The normalized spacial score (nSPS) is 10.4. The van der Waals surface area contributed by atoms with Gasteiger partial charge in [0.1, 0.15) is 0 Å². The fraction of sp³-hybridized carbons (Fsp3) is 0.385. The van der Waals surface area contributed by atoms with E-state index in [1.807, 2.05) is 26.0 Å². The van der Waals surface area contributed by atoms with Crippen molar-refractivity contribution in [2.45, 2.75) is 33.2 Å². The minimum absolute atomic E-state index is 0.420. The highest BCUT2D eigenvalue weighted by molar-refractivity contribution is 6.83. The minimum Gasteiger partial charge on any atom is -0.326 e. The molecule has 0 atom stereocenters. The van der Waals surface area contributed by atoms with Crippen molar-refractivity contribution in [3.63, 3.8) is 0 Å². The van der Waals surface area contributed by atoms with Crippen molar-refractivity contribution >= 4 is 22.6 Å². The molecule has 0 saturated carbocycles. The molecule has 2 N–H and O–H groups in total. The standard InChI is InChI=1S/C13H16ClNO2/c1-3-9-5-8(7-15)6-10(4-2)11(9)12(16)13(14)17/h5-6H,3-4,7,15H2,1-2H3. The molecule has 1 aromatic carbocycles. The first kappa shape index (κ1) is 13.9. The summed E-state index contributed by atoms with van der Waals surface area (Å²) >= 11 is 5.28. The summed E-state index contributed by atoms with van der Waals surface area (Å²) in [5.74, 6) is -0.621. The summed E-state index contributed by atoms with van der Waals surface area (Å²) in [5, 5.41) is -0.935. The van der Waals surface area contributed by atoms with Gasteiger partial charge >= 0.3 is 0 Å². The molecule has 0 spiro atoms. The number of carbonyl (C=O) groups is 2. The van der Waals surface area contributed by atoms with Gasteiger partial charge in [-0.15, -0.1) is 0 Å². The summed E-state index contributed by atoms with van der Waals surface area (Å²) in [6.45, 7) is 4.29. The van der Waals surface area contributed by atoms with E-state index < -0.39 is 11.0 Å². The molecule has 0 aliphatic heterocycles. The quantitative estimate of drug-likeness (QED) is 0.497. The van der Waals surface area contributed by atoms with E-state index in [4.69, 9.17) is 17.3 Å². The Kier molecular flexibility index (Phi) is 4.85. The van der Waals surface area contributed by atoms with Crippen LogP contribution in [0.15, 0.2) is 12.1 Å². The van der Waals surface area contributed by atoms with Crippen molar-refractivity contribution in [3.8, 4) is 0 Å². The van der Waals surface area contributed by atoms with Crippen LogP contribution in [0.4, 0.5) is 0 Å². The van der Waals surface area contributed by atoms with Gasteiger partial charge in [-0.05, 0) is 41.1 Å². The highest BCUT2D eigenvalue weighted by Gasteiger charge is 2.20. The zero-order valence-electron chi connectivity index (χ0n) is 10.0. The van der Waals surface area contributed by atoms with Crippen LogP contribution in [0.3, 0.4) is 0 Å². The van der Waals surface area contributed by atoms with E-state index in [-0.39, 0.29) is 0 Å². The topological polar surface area (TPSA) is 60.2 Å². The largest absolute Gasteiger partial charge is 0.326 e. The summed E-state index contributed by atoms with van der Waals surface area (Å²) in [6, 6.07) is 3.73. The lowest BCUT2D eigenvalue weighted by Gasteiger charge is -2.12. The summed E-state index contributed by atoms with van der Waals surface area (Å²) in [4.78, 5) is 22.8. The van der Waals surface area contributed by atoms with E-state index in [1.165, 1.54) is 0 Å². The van der Waals surface area contributed by atoms with Crippen molar-refractivity contribution in [1.82, 2.24) is 0 Å². The highest BCUT2D eigenvalue weighted by Crippen LogP contribution is 2.21. The molecule has 4 heteroatoms. The Labute approximate surface area is 106 Å². The third kappa shape index (κ3) is 2.93. The number of aryl methyl sites for hydroxylation is 2. The smallest absolute Gasteiger partial charge is 0.293 e. The zero-order valence-corrected chi connectivity index (χ0v) is 10.8. The van der Waals surface area contributed by atoms with E-state index in [9.17, 15) is 9.59 Å². The third-order valence-corrected chi connectivity index (χ3v) is 2.94. The Balaban J connectivity index is 3.44. The third-order valence-electron chi connectivity index (χ3n) is 2.76. The Morgan fingerprint density at radius 2 is 1.65 bits per heavy atom. The molecule has 17 heavy (non-hydrogen) atoms. The van der Waals surface area contributed by atoms with Crippen molar-refractivity contribution in [2.24, 2.45) is 5.73 Å². The van der Waals surface area contributed by atoms with Crippen LogP contribution in [0.25, 0.3) is 0 Å². The Hall–Kier alpha value is -1.19. The van der Waals surface area contributed by atoms with Crippen LogP contribution >= 0.6 is 11.6 Å². The number of hydrogen-bond donors (Lipinski definition) is 1. The molecule has 3 nitrogen and oxygen atoms in total. The fourth-order valence-corrected chi connectivity index (χ4v) is 2.00. The summed E-state index contributed by atoms with van der Waals surface area (Å²) < 4.78 is 0. The summed E-state index contributed by atoms with van der Waals surface area (Å²) in [5.41, 5.74) is 8.70. The molecule has 0 aliphatic carbocycles. The molecule has 1 rings (SSSR count). The molecule has 0 aromatic heterocycles. The Morgan fingerprint density at radius 1 is 1.18 bits per heavy atom. The van der Waals surface area contributed by atoms with E-state index in [2.05, 4.69) is 0 Å². The molecular weight excluding hydrogens is 238 g/mol. The number of rotatable bonds is 5. The number of Topliss-reactive ketones (excluding diaryl/α,β-unsaturated/α-hetero) is 1. The second-order valence-corrected chi connectivity index (χ2v) is 4.15. The number of carbonyl (C=O) groups excluding carboxylic acids is 2. The molecule has 1 aromatic rings. The van der Waals surface area contributed by atoms with E-state index in [0.717, 1.165) is 16.7 Å². The van der Waals surface area contributed by atoms with Crippen LogP contribution in [-0.2, 0) is 24.2 Å². The monoisotopic (exact) mass is 253 g/mol. The number of benzene rings is 1. The van der Waals surface area contributed by atoms with Crippen LogP contribution in [0.1, 0.15) is 40.9 Å². The fourth-order valence-electron chi connectivity index (χ4n) is 1.91. The van der Waals surface area contributed by atoms with Gasteiger partial charge in [0.25, 0.3) is 5.24 Å². The first-order valence-corrected chi connectivity index (χ1v) is 6.01. The maximum absolute atomic E-state index is 11.8. The van der Waals surface area contributed by atoms with Crippen LogP contribution in [0.5, 0.6) is 0 Å². The molecule has 0 saturated heterocycles. The number of ketones is 1. The molecule has 0 bridgehead atoms. The maximum atomic E-state index is 11.8. The predicted molar refractivity (Wildman–Crippen MR) is 68.3 cm³/mol. The lowest BCUT2D eigenvalue weighted by atomic mass is 9.92. The molecular formula is C13H16ClNO2. The van der Waals surface area contributed by atoms with Gasteiger partial charge in [0.2, 0.25) is 5.78 Å². The second kappa shape index (κ2) is 5.94. The summed E-state index contributed by atoms with van der Waals surface area (Å²) in [6.07, 6.45) is 1.35. The van der Waals surface area contributed by atoms with Crippen LogP contribution in [-0.4, -0.2) is 11.0 Å². The van der Waals surface area contributed by atoms with Gasteiger partial charge < -0.3 is 5.73 Å². The molecule has 0 heterocycles. The van der Waals surface area contributed by atoms with Crippen LogP contribution < -0.4 is 5.73 Å². The molecule has 0 amide bonds. The number of halogens is 1. The lowest BCUT2D eigenvalue weighted by Crippen LogP contribution is -2.14. The van der Waals surface area contributed by atoms with E-state index in [1.54, 1.807) is 0 Å². The van der Waals surface area contributed by atoms with Crippen molar-refractivity contribution in [1.29, 1.82) is 0 Å². The zero-order chi connectivity index (χ0) is 13.0. The molecule has 0 radical (unpaired) electrons. The average Bonchev–Trinajstić information content (AvgIpc) is 2.35. The average molecular weight is 254 g/mol. The van der Waals surface area contributed by atoms with Gasteiger partial charge in [-0.2, -0.15) is 0 Å². The number of nitrogens with two attached hydrogens (primary N) is 1. The maximum Gasteiger partial charge on any atom is 0.293 e. The van der Waals surface area contributed by atoms with Gasteiger partial charge in [0, 0.05) is 12.1 Å². The SMILES string of the molecule is CCc1cc(CN)cc(CC)c1C(=O)C(=O)Cl. The van der Waals surface area contributed by atoms with Crippen molar-refractivity contribution < 1.29 is 9.59 Å². The second-order valence-electron chi connectivity index (χ2n) is 3.80.